The van der Waals surface area contributed by atoms with Crippen molar-refractivity contribution in [1.29, 1.82) is 0 Å². The third-order valence-corrected chi connectivity index (χ3v) is 2.45. The molecule has 0 aliphatic heterocycles. The summed E-state index contributed by atoms with van der Waals surface area (Å²) in [7, 11) is 0. The maximum Gasteiger partial charge on any atom is 0.311 e. The third-order valence-electron chi connectivity index (χ3n) is 2.45. The number of carbonyl (C=O) groups is 1. The van der Waals surface area contributed by atoms with Crippen LogP contribution in [0.25, 0.3) is 0 Å². The number of nitrogens with zero attached hydrogens (tertiary/aromatic N) is 1. The van der Waals surface area contributed by atoms with Gasteiger partial charge in [0.25, 0.3) is 0 Å². The van der Waals surface area contributed by atoms with Crippen LogP contribution in [0.15, 0.2) is 12.1 Å². The predicted molar refractivity (Wildman–Crippen MR) is 69.3 cm³/mol. The first-order chi connectivity index (χ1) is 8.95. The fourth-order valence-electron chi connectivity index (χ4n) is 1.72. The molecule has 0 amide bonds. The monoisotopic (exact) mass is 267 g/mol. The molecular weight excluding hydrogens is 250 g/mol. The number of hydrogen-bond acceptors (Lipinski definition) is 5. The zero-order valence-corrected chi connectivity index (χ0v) is 11.3. The minimum atomic E-state index is -0.486. The van der Waals surface area contributed by atoms with Crippen LogP contribution in [0.2, 0.25) is 0 Å². The van der Waals surface area contributed by atoms with E-state index in [2.05, 4.69) is 0 Å². The van der Waals surface area contributed by atoms with E-state index in [0.29, 0.717) is 12.2 Å². The van der Waals surface area contributed by atoms with Gasteiger partial charge in [0.15, 0.2) is 5.75 Å². The second-order valence-corrected chi connectivity index (χ2v) is 4.09. The first kappa shape index (κ1) is 14.9. The van der Waals surface area contributed by atoms with Crippen molar-refractivity contribution in [2.45, 2.75) is 27.2 Å². The first-order valence-electron chi connectivity index (χ1n) is 5.99. The molecule has 0 aliphatic rings. The highest BCUT2D eigenvalue weighted by molar-refractivity contribution is 5.69. The van der Waals surface area contributed by atoms with Gasteiger partial charge in [0.05, 0.1) is 24.6 Å². The Morgan fingerprint density at radius 3 is 2.63 bits per heavy atom. The van der Waals surface area contributed by atoms with Crippen LogP contribution in [0.4, 0.5) is 5.69 Å². The van der Waals surface area contributed by atoms with Gasteiger partial charge in [0, 0.05) is 6.07 Å². The van der Waals surface area contributed by atoms with Crippen molar-refractivity contribution in [2.75, 3.05) is 13.2 Å². The summed E-state index contributed by atoms with van der Waals surface area (Å²) >= 11 is 0. The molecule has 0 atom stereocenters. The second-order valence-electron chi connectivity index (χ2n) is 4.09. The van der Waals surface area contributed by atoms with Crippen LogP contribution in [-0.2, 0) is 9.53 Å². The topological polar surface area (TPSA) is 78.7 Å². The Balaban J connectivity index is 2.77. The van der Waals surface area contributed by atoms with Crippen molar-refractivity contribution in [1.82, 2.24) is 0 Å². The molecule has 0 N–H and O–H groups in total. The summed E-state index contributed by atoms with van der Waals surface area (Å²) < 4.78 is 10.1. The van der Waals surface area contributed by atoms with Gasteiger partial charge in [-0.2, -0.15) is 0 Å². The third kappa shape index (κ3) is 4.24. The van der Waals surface area contributed by atoms with E-state index in [1.165, 1.54) is 6.07 Å². The van der Waals surface area contributed by atoms with Gasteiger partial charge in [0.1, 0.15) is 0 Å². The maximum absolute atomic E-state index is 11.2. The van der Waals surface area contributed by atoms with E-state index < -0.39 is 4.92 Å². The summed E-state index contributed by atoms with van der Waals surface area (Å²) in [5.41, 5.74) is 1.39. The van der Waals surface area contributed by atoms with Crippen molar-refractivity contribution in [3.8, 4) is 5.75 Å². The summed E-state index contributed by atoms with van der Waals surface area (Å²) in [5.74, 6) is -0.171. The zero-order chi connectivity index (χ0) is 14.4. The highest BCUT2D eigenvalue weighted by Crippen LogP contribution is 2.32. The van der Waals surface area contributed by atoms with E-state index in [9.17, 15) is 14.9 Å². The van der Waals surface area contributed by atoms with Crippen LogP contribution in [0.1, 0.15) is 24.5 Å². The highest BCUT2D eigenvalue weighted by Gasteiger charge is 2.18. The van der Waals surface area contributed by atoms with Crippen molar-refractivity contribution in [3.05, 3.63) is 33.4 Å². The average molecular weight is 267 g/mol. The van der Waals surface area contributed by atoms with Gasteiger partial charge in [0.2, 0.25) is 0 Å². The van der Waals surface area contributed by atoms with Crippen LogP contribution in [0, 0.1) is 24.0 Å². The number of aryl methyl sites for hydroxylation is 2. The molecule has 6 nitrogen and oxygen atoms in total. The number of carbonyl (C=O) groups excluding carboxylic acids is 1. The lowest BCUT2D eigenvalue weighted by molar-refractivity contribution is -0.386. The van der Waals surface area contributed by atoms with E-state index in [4.69, 9.17) is 9.47 Å². The summed E-state index contributed by atoms with van der Waals surface area (Å²) in [6.07, 6.45) is 0.0678. The van der Waals surface area contributed by atoms with Gasteiger partial charge >= 0.3 is 11.7 Å². The number of nitro benzene ring substituents is 1. The molecular formula is C13H17NO5. The van der Waals surface area contributed by atoms with Crippen LogP contribution in [-0.4, -0.2) is 24.1 Å². The van der Waals surface area contributed by atoms with Crippen LogP contribution < -0.4 is 4.74 Å². The minimum Gasteiger partial charge on any atom is -0.486 e. The lowest BCUT2D eigenvalue weighted by Gasteiger charge is -2.10. The predicted octanol–water partition coefficient (Wildman–Crippen LogP) is 2.54. The van der Waals surface area contributed by atoms with Crippen molar-refractivity contribution in [3.63, 3.8) is 0 Å². The largest absolute Gasteiger partial charge is 0.486 e. The maximum atomic E-state index is 11.2. The molecule has 104 valence electrons. The number of benzene rings is 1. The lowest BCUT2D eigenvalue weighted by Crippen LogP contribution is -2.10. The molecule has 0 spiro atoms. The Morgan fingerprint density at radius 1 is 1.37 bits per heavy atom. The smallest absolute Gasteiger partial charge is 0.311 e. The molecule has 1 rings (SSSR count). The van der Waals surface area contributed by atoms with Crippen molar-refractivity contribution >= 4 is 11.7 Å². The number of hydrogen-bond donors (Lipinski definition) is 0. The van der Waals surface area contributed by atoms with E-state index >= 15 is 0 Å². The summed E-state index contributed by atoms with van der Waals surface area (Å²) in [6.45, 7) is 5.60. The number of esters is 1. The molecule has 0 bridgehead atoms. The Morgan fingerprint density at radius 2 is 2.05 bits per heavy atom. The van der Waals surface area contributed by atoms with E-state index in [-0.39, 0.29) is 30.4 Å². The average Bonchev–Trinajstić information content (AvgIpc) is 2.31. The van der Waals surface area contributed by atoms with Gasteiger partial charge < -0.3 is 9.47 Å². The fourth-order valence-corrected chi connectivity index (χ4v) is 1.72. The van der Waals surface area contributed by atoms with Gasteiger partial charge in [-0.05, 0) is 31.9 Å². The van der Waals surface area contributed by atoms with Crippen LogP contribution in [0.3, 0.4) is 0 Å². The molecule has 0 radical (unpaired) electrons. The van der Waals surface area contributed by atoms with E-state index in [1.54, 1.807) is 26.8 Å². The second kappa shape index (κ2) is 6.72. The first-order valence-corrected chi connectivity index (χ1v) is 5.99. The molecule has 1 aromatic rings. The normalized spacial score (nSPS) is 10.1. The number of ether oxygens (including phenoxy) is 2. The molecule has 0 saturated carbocycles. The van der Waals surface area contributed by atoms with Crippen molar-refractivity contribution < 1.29 is 19.2 Å². The SMILES string of the molecule is CCOC(=O)CCOc1c(C)cc(C)cc1[N+](=O)[O-]. The zero-order valence-electron chi connectivity index (χ0n) is 11.3. The molecule has 19 heavy (non-hydrogen) atoms. The summed E-state index contributed by atoms with van der Waals surface area (Å²) in [4.78, 5) is 21.6. The Bertz CT molecular complexity index is 484. The molecule has 0 fully saturated rings. The molecule has 1 aromatic carbocycles. The van der Waals surface area contributed by atoms with Gasteiger partial charge in [-0.25, -0.2) is 0 Å². The lowest BCUT2D eigenvalue weighted by atomic mass is 10.1. The minimum absolute atomic E-state index is 0.0591. The highest BCUT2D eigenvalue weighted by atomic mass is 16.6. The van der Waals surface area contributed by atoms with Gasteiger partial charge in [-0.3, -0.25) is 14.9 Å². The van der Waals surface area contributed by atoms with E-state index in [1.807, 2.05) is 0 Å². The Labute approximate surface area is 111 Å². The molecule has 0 heterocycles. The standard InChI is InChI=1S/C13H17NO5/c1-4-18-12(15)5-6-19-13-10(3)7-9(2)8-11(13)14(16)17/h7-8H,4-6H2,1-3H3. The van der Waals surface area contributed by atoms with E-state index in [0.717, 1.165) is 5.56 Å². The van der Waals surface area contributed by atoms with Gasteiger partial charge in [-0.15, -0.1) is 0 Å². The summed E-state index contributed by atoms with van der Waals surface area (Å²) in [6, 6.07) is 3.25. The quantitative estimate of drug-likeness (QED) is 0.449. The van der Waals surface area contributed by atoms with Crippen LogP contribution in [0.5, 0.6) is 5.75 Å². The molecule has 0 aliphatic carbocycles. The van der Waals surface area contributed by atoms with Gasteiger partial charge in [-0.1, -0.05) is 6.07 Å². The van der Waals surface area contributed by atoms with Crippen LogP contribution >= 0.6 is 0 Å². The number of rotatable bonds is 6. The summed E-state index contributed by atoms with van der Waals surface area (Å²) in [5, 5.41) is 11.0. The fraction of sp³-hybridized carbons (Fsp3) is 0.462. The molecule has 6 heteroatoms. The van der Waals surface area contributed by atoms with Crippen molar-refractivity contribution in [2.24, 2.45) is 0 Å². The Hall–Kier alpha value is -2.11. The number of nitro groups is 1. The molecule has 0 unspecified atom stereocenters. The molecule has 0 aromatic heterocycles. The Kier molecular flexibility index (Phi) is 5.29. The molecule has 0 saturated heterocycles.